The number of anilines is 1. The van der Waals surface area contributed by atoms with Crippen LogP contribution in [0.15, 0.2) is 36.9 Å². The standard InChI is InChI=1S/C20H26F2N4/c21-19-4-3-18(12-20(19)22)25-9-5-17(6-10-25)26-8-1-2-16(14-26)13-24-11-7-23-15-24/h3-4,7,11-12,15-17H,1-2,5-6,8-10,13-14H2/t16-/m1/s1. The van der Waals surface area contributed by atoms with Gasteiger partial charge in [-0.05, 0) is 50.3 Å². The van der Waals surface area contributed by atoms with Gasteiger partial charge < -0.3 is 9.47 Å². The normalized spacial score (nSPS) is 22.7. The molecule has 2 aliphatic heterocycles. The molecule has 0 bridgehead atoms. The van der Waals surface area contributed by atoms with Gasteiger partial charge in [0.15, 0.2) is 11.6 Å². The van der Waals surface area contributed by atoms with Gasteiger partial charge in [0.2, 0.25) is 0 Å². The predicted molar refractivity (Wildman–Crippen MR) is 98.1 cm³/mol. The van der Waals surface area contributed by atoms with Crippen molar-refractivity contribution in [1.29, 1.82) is 0 Å². The van der Waals surface area contributed by atoms with Crippen LogP contribution in [0.4, 0.5) is 14.5 Å². The summed E-state index contributed by atoms with van der Waals surface area (Å²) in [6, 6.07) is 4.82. The molecular weight excluding hydrogens is 334 g/mol. The van der Waals surface area contributed by atoms with Crippen LogP contribution >= 0.6 is 0 Å². The van der Waals surface area contributed by atoms with E-state index in [0.29, 0.717) is 12.0 Å². The van der Waals surface area contributed by atoms with Gasteiger partial charge in [0, 0.05) is 56.4 Å². The summed E-state index contributed by atoms with van der Waals surface area (Å²) < 4.78 is 28.8. The summed E-state index contributed by atoms with van der Waals surface area (Å²) in [5.74, 6) is -0.856. The van der Waals surface area contributed by atoms with E-state index < -0.39 is 11.6 Å². The first-order valence-electron chi connectivity index (χ1n) is 9.59. The average Bonchev–Trinajstić information content (AvgIpc) is 3.17. The van der Waals surface area contributed by atoms with Crippen molar-refractivity contribution in [3.8, 4) is 0 Å². The minimum atomic E-state index is -0.777. The first kappa shape index (κ1) is 17.5. The van der Waals surface area contributed by atoms with Crippen molar-refractivity contribution in [3.05, 3.63) is 48.6 Å². The molecule has 2 fully saturated rings. The maximum atomic E-state index is 13.5. The number of hydrogen-bond acceptors (Lipinski definition) is 3. The smallest absolute Gasteiger partial charge is 0.160 e. The Morgan fingerprint density at radius 3 is 2.62 bits per heavy atom. The number of rotatable bonds is 4. The van der Waals surface area contributed by atoms with E-state index in [0.717, 1.165) is 44.7 Å². The van der Waals surface area contributed by atoms with Crippen molar-refractivity contribution < 1.29 is 8.78 Å². The van der Waals surface area contributed by atoms with Crippen LogP contribution < -0.4 is 4.90 Å². The predicted octanol–water partition coefficient (Wildman–Crippen LogP) is 3.54. The van der Waals surface area contributed by atoms with E-state index in [1.165, 1.54) is 31.5 Å². The number of nitrogens with zero attached hydrogens (tertiary/aromatic N) is 4. The highest BCUT2D eigenvalue weighted by Crippen LogP contribution is 2.27. The highest BCUT2D eigenvalue weighted by atomic mass is 19.2. The molecule has 0 aliphatic carbocycles. The van der Waals surface area contributed by atoms with Crippen LogP contribution in [0.1, 0.15) is 25.7 Å². The molecule has 6 heteroatoms. The van der Waals surface area contributed by atoms with E-state index in [-0.39, 0.29) is 0 Å². The number of benzene rings is 1. The molecule has 4 rings (SSSR count). The van der Waals surface area contributed by atoms with E-state index in [1.807, 2.05) is 18.7 Å². The number of imidazole rings is 1. The van der Waals surface area contributed by atoms with Crippen LogP contribution in [0.3, 0.4) is 0 Å². The topological polar surface area (TPSA) is 24.3 Å². The quantitative estimate of drug-likeness (QED) is 0.834. The fourth-order valence-electron chi connectivity index (χ4n) is 4.44. The van der Waals surface area contributed by atoms with Crippen LogP contribution in [-0.2, 0) is 6.54 Å². The lowest BCUT2D eigenvalue weighted by Crippen LogP contribution is -2.49. The summed E-state index contributed by atoms with van der Waals surface area (Å²) in [7, 11) is 0. The zero-order valence-electron chi connectivity index (χ0n) is 15.0. The highest BCUT2D eigenvalue weighted by Gasteiger charge is 2.29. The second-order valence-electron chi connectivity index (χ2n) is 7.58. The van der Waals surface area contributed by atoms with Gasteiger partial charge in [0.05, 0.1) is 6.33 Å². The SMILES string of the molecule is Fc1ccc(N2CCC(N3CCC[C@H](Cn4ccnc4)C3)CC2)cc1F. The summed E-state index contributed by atoms with van der Waals surface area (Å²) in [5, 5.41) is 0. The van der Waals surface area contributed by atoms with Crippen LogP contribution in [0.25, 0.3) is 0 Å². The van der Waals surface area contributed by atoms with Crippen molar-refractivity contribution in [3.63, 3.8) is 0 Å². The molecule has 1 aromatic carbocycles. The Kier molecular flexibility index (Phi) is 5.20. The molecule has 0 N–H and O–H groups in total. The maximum Gasteiger partial charge on any atom is 0.160 e. The molecule has 0 unspecified atom stereocenters. The Hall–Kier alpha value is -1.95. The van der Waals surface area contributed by atoms with E-state index in [2.05, 4.69) is 19.4 Å². The van der Waals surface area contributed by atoms with Gasteiger partial charge in [0.25, 0.3) is 0 Å². The van der Waals surface area contributed by atoms with E-state index in [4.69, 9.17) is 0 Å². The third kappa shape index (κ3) is 3.90. The zero-order valence-corrected chi connectivity index (χ0v) is 15.0. The Morgan fingerprint density at radius 2 is 1.88 bits per heavy atom. The number of halogens is 2. The van der Waals surface area contributed by atoms with Gasteiger partial charge in [-0.3, -0.25) is 4.90 Å². The molecule has 2 saturated heterocycles. The molecular formula is C20H26F2N4. The third-order valence-electron chi connectivity index (χ3n) is 5.83. The number of hydrogen-bond donors (Lipinski definition) is 0. The summed E-state index contributed by atoms with van der Waals surface area (Å²) >= 11 is 0. The molecule has 2 aliphatic rings. The Bertz CT molecular complexity index is 711. The molecule has 1 atom stereocenters. The fraction of sp³-hybridized carbons (Fsp3) is 0.550. The second kappa shape index (κ2) is 7.74. The molecule has 3 heterocycles. The van der Waals surface area contributed by atoms with Gasteiger partial charge in [-0.25, -0.2) is 13.8 Å². The van der Waals surface area contributed by atoms with E-state index in [1.54, 1.807) is 6.07 Å². The Morgan fingerprint density at radius 1 is 1.04 bits per heavy atom. The molecule has 2 aromatic rings. The van der Waals surface area contributed by atoms with Gasteiger partial charge in [-0.2, -0.15) is 0 Å². The molecule has 1 aromatic heterocycles. The molecule has 0 radical (unpaired) electrons. The lowest BCUT2D eigenvalue weighted by atomic mass is 9.93. The second-order valence-corrected chi connectivity index (χ2v) is 7.58. The van der Waals surface area contributed by atoms with Crippen molar-refractivity contribution in [2.45, 2.75) is 38.3 Å². The average molecular weight is 360 g/mol. The van der Waals surface area contributed by atoms with Crippen molar-refractivity contribution in [2.75, 3.05) is 31.1 Å². The molecule has 0 spiro atoms. The minimum Gasteiger partial charge on any atom is -0.371 e. The van der Waals surface area contributed by atoms with Crippen molar-refractivity contribution in [2.24, 2.45) is 5.92 Å². The number of likely N-dealkylation sites (tertiary alicyclic amines) is 1. The lowest BCUT2D eigenvalue weighted by molar-refractivity contribution is 0.0998. The lowest BCUT2D eigenvalue weighted by Gasteiger charge is -2.43. The number of aromatic nitrogens is 2. The first-order chi connectivity index (χ1) is 12.7. The largest absolute Gasteiger partial charge is 0.371 e. The first-order valence-corrected chi connectivity index (χ1v) is 9.59. The highest BCUT2D eigenvalue weighted by molar-refractivity contribution is 5.47. The minimum absolute atomic E-state index is 0.599. The van der Waals surface area contributed by atoms with Crippen LogP contribution in [0, 0.1) is 17.6 Å². The van der Waals surface area contributed by atoms with E-state index in [9.17, 15) is 8.78 Å². The molecule has 140 valence electrons. The Labute approximate surface area is 153 Å². The molecule has 0 saturated carbocycles. The Balaban J connectivity index is 1.31. The molecule has 26 heavy (non-hydrogen) atoms. The van der Waals surface area contributed by atoms with Gasteiger partial charge in [0.1, 0.15) is 0 Å². The molecule has 0 amide bonds. The van der Waals surface area contributed by atoms with Gasteiger partial charge >= 0.3 is 0 Å². The third-order valence-corrected chi connectivity index (χ3v) is 5.83. The van der Waals surface area contributed by atoms with Gasteiger partial charge in [-0.1, -0.05) is 0 Å². The number of piperidine rings is 2. The fourth-order valence-corrected chi connectivity index (χ4v) is 4.44. The monoisotopic (exact) mass is 360 g/mol. The maximum absolute atomic E-state index is 13.5. The summed E-state index contributed by atoms with van der Waals surface area (Å²) in [6.07, 6.45) is 10.5. The van der Waals surface area contributed by atoms with Crippen LogP contribution in [-0.4, -0.2) is 46.7 Å². The zero-order chi connectivity index (χ0) is 17.9. The van der Waals surface area contributed by atoms with Crippen LogP contribution in [0.5, 0.6) is 0 Å². The summed E-state index contributed by atoms with van der Waals surface area (Å²) in [4.78, 5) is 8.96. The van der Waals surface area contributed by atoms with Crippen molar-refractivity contribution in [1.82, 2.24) is 14.5 Å². The van der Waals surface area contributed by atoms with Gasteiger partial charge in [-0.15, -0.1) is 0 Å². The van der Waals surface area contributed by atoms with Crippen molar-refractivity contribution >= 4 is 5.69 Å². The van der Waals surface area contributed by atoms with E-state index >= 15 is 0 Å². The van der Waals surface area contributed by atoms with Crippen LogP contribution in [0.2, 0.25) is 0 Å². The summed E-state index contributed by atoms with van der Waals surface area (Å²) in [5.41, 5.74) is 0.791. The summed E-state index contributed by atoms with van der Waals surface area (Å²) in [6.45, 7) is 5.17. The molecule has 4 nitrogen and oxygen atoms in total.